The van der Waals surface area contributed by atoms with E-state index in [0.29, 0.717) is 29.7 Å². The van der Waals surface area contributed by atoms with Gasteiger partial charge >= 0.3 is 0 Å². The largest absolute Gasteiger partial charge is 0.375 e. The van der Waals surface area contributed by atoms with Crippen molar-refractivity contribution in [3.8, 4) is 0 Å². The summed E-state index contributed by atoms with van der Waals surface area (Å²) in [7, 11) is 1.44. The topological polar surface area (TPSA) is 91.0 Å². The van der Waals surface area contributed by atoms with E-state index in [0.717, 1.165) is 0 Å². The first-order valence-electron chi connectivity index (χ1n) is 8.00. The second-order valence-corrected chi connectivity index (χ2v) is 5.66. The number of hydrogen-bond acceptors (Lipinski definition) is 5. The first kappa shape index (κ1) is 17.7. The van der Waals surface area contributed by atoms with Gasteiger partial charge < -0.3 is 10.1 Å². The van der Waals surface area contributed by atoms with Crippen LogP contribution in [0.25, 0.3) is 11.0 Å². The van der Waals surface area contributed by atoms with Crippen molar-refractivity contribution in [1.82, 2.24) is 24.6 Å². The van der Waals surface area contributed by atoms with Gasteiger partial charge in [-0.15, -0.1) is 0 Å². The van der Waals surface area contributed by atoms with Gasteiger partial charge in [0.15, 0.2) is 5.65 Å². The number of ether oxygens (including phenoxy) is 1. The SMILES string of the molecule is COCC(=O)NCCn1ncc2c(=O)n(Cc3ccccc3F)cnc21. The number of methoxy groups -OCH3 is 1. The Morgan fingerprint density at radius 2 is 2.15 bits per heavy atom. The van der Waals surface area contributed by atoms with Crippen molar-refractivity contribution >= 4 is 16.9 Å². The molecule has 2 aromatic heterocycles. The second-order valence-electron chi connectivity index (χ2n) is 5.66. The first-order chi connectivity index (χ1) is 12.6. The Labute approximate surface area is 148 Å². The Hall–Kier alpha value is -3.07. The molecule has 1 N–H and O–H groups in total. The number of fused-ring (bicyclic) bond motifs is 1. The summed E-state index contributed by atoms with van der Waals surface area (Å²) in [5.41, 5.74) is 0.526. The summed E-state index contributed by atoms with van der Waals surface area (Å²) in [5.74, 6) is -0.605. The summed E-state index contributed by atoms with van der Waals surface area (Å²) >= 11 is 0. The van der Waals surface area contributed by atoms with Gasteiger partial charge in [0.05, 0.1) is 19.3 Å². The molecule has 0 bridgehead atoms. The van der Waals surface area contributed by atoms with Crippen LogP contribution in [0, 0.1) is 5.82 Å². The minimum Gasteiger partial charge on any atom is -0.375 e. The van der Waals surface area contributed by atoms with Crippen LogP contribution in [0.1, 0.15) is 5.56 Å². The van der Waals surface area contributed by atoms with Crippen molar-refractivity contribution < 1.29 is 13.9 Å². The molecule has 3 rings (SSSR count). The summed E-state index contributed by atoms with van der Waals surface area (Å²) in [6, 6.07) is 6.28. The third-order valence-corrected chi connectivity index (χ3v) is 3.84. The highest BCUT2D eigenvalue weighted by atomic mass is 19.1. The van der Waals surface area contributed by atoms with Gasteiger partial charge in [-0.25, -0.2) is 14.1 Å². The molecule has 0 aliphatic carbocycles. The molecule has 26 heavy (non-hydrogen) atoms. The van der Waals surface area contributed by atoms with Crippen LogP contribution in [-0.4, -0.2) is 45.5 Å². The Balaban J connectivity index is 1.77. The minimum atomic E-state index is -0.373. The van der Waals surface area contributed by atoms with E-state index in [9.17, 15) is 14.0 Å². The first-order valence-corrected chi connectivity index (χ1v) is 8.00. The normalized spacial score (nSPS) is 11.0. The number of carbonyl (C=O) groups excluding carboxylic acids is 1. The van der Waals surface area contributed by atoms with E-state index >= 15 is 0 Å². The minimum absolute atomic E-state index is 0.0150. The number of hydrogen-bond donors (Lipinski definition) is 1. The fourth-order valence-corrected chi connectivity index (χ4v) is 2.57. The molecule has 2 heterocycles. The molecule has 0 saturated heterocycles. The van der Waals surface area contributed by atoms with Crippen molar-refractivity contribution in [3.63, 3.8) is 0 Å². The molecular weight excluding hydrogens is 341 g/mol. The van der Waals surface area contributed by atoms with Crippen LogP contribution < -0.4 is 10.9 Å². The fraction of sp³-hybridized carbons (Fsp3) is 0.294. The van der Waals surface area contributed by atoms with E-state index in [-0.39, 0.29) is 30.4 Å². The molecule has 0 unspecified atom stereocenters. The van der Waals surface area contributed by atoms with Crippen molar-refractivity contribution in [2.24, 2.45) is 0 Å². The van der Waals surface area contributed by atoms with Crippen LogP contribution in [0.2, 0.25) is 0 Å². The average Bonchev–Trinajstić information content (AvgIpc) is 3.03. The lowest BCUT2D eigenvalue weighted by atomic mass is 10.2. The lowest BCUT2D eigenvalue weighted by Crippen LogP contribution is -2.30. The molecule has 0 radical (unpaired) electrons. The maximum atomic E-state index is 13.8. The number of rotatable bonds is 7. The van der Waals surface area contributed by atoms with Gasteiger partial charge in [-0.2, -0.15) is 5.10 Å². The molecule has 0 fully saturated rings. The number of amides is 1. The number of nitrogens with one attached hydrogen (secondary N) is 1. The molecule has 0 aliphatic rings. The third-order valence-electron chi connectivity index (χ3n) is 3.84. The molecule has 9 heteroatoms. The zero-order valence-electron chi connectivity index (χ0n) is 14.2. The Bertz CT molecular complexity index is 982. The van der Waals surface area contributed by atoms with Crippen molar-refractivity contribution in [2.75, 3.05) is 20.3 Å². The smallest absolute Gasteiger partial charge is 0.264 e. The van der Waals surface area contributed by atoms with Gasteiger partial charge in [0, 0.05) is 19.2 Å². The summed E-state index contributed by atoms with van der Waals surface area (Å²) in [6.07, 6.45) is 2.80. The molecular formula is C17H18FN5O3. The number of nitrogens with zero attached hydrogens (tertiary/aromatic N) is 4. The third kappa shape index (κ3) is 3.77. The zero-order valence-corrected chi connectivity index (χ0v) is 14.2. The Morgan fingerprint density at radius 1 is 1.35 bits per heavy atom. The lowest BCUT2D eigenvalue weighted by molar-refractivity contribution is -0.124. The summed E-state index contributed by atoms with van der Waals surface area (Å²) in [6.45, 7) is 0.771. The highest BCUT2D eigenvalue weighted by molar-refractivity contribution is 5.77. The van der Waals surface area contributed by atoms with E-state index in [4.69, 9.17) is 4.74 Å². The molecule has 0 saturated carbocycles. The number of benzene rings is 1. The monoisotopic (exact) mass is 359 g/mol. The summed E-state index contributed by atoms with van der Waals surface area (Å²) in [5, 5.41) is 7.16. The number of halogens is 1. The number of aromatic nitrogens is 4. The van der Waals surface area contributed by atoms with Crippen molar-refractivity contribution in [2.45, 2.75) is 13.1 Å². The van der Waals surface area contributed by atoms with Crippen LogP contribution in [0.15, 0.2) is 41.6 Å². The maximum absolute atomic E-state index is 13.8. The van der Waals surface area contributed by atoms with Crippen molar-refractivity contribution in [3.05, 3.63) is 58.5 Å². The summed E-state index contributed by atoms with van der Waals surface area (Å²) in [4.78, 5) is 28.2. The summed E-state index contributed by atoms with van der Waals surface area (Å²) < 4.78 is 21.4. The molecule has 0 atom stereocenters. The molecule has 0 aliphatic heterocycles. The van der Waals surface area contributed by atoms with Crippen LogP contribution in [0.4, 0.5) is 4.39 Å². The van der Waals surface area contributed by atoms with E-state index < -0.39 is 0 Å². The predicted molar refractivity (Wildman–Crippen MR) is 92.2 cm³/mol. The molecule has 1 aromatic carbocycles. The second kappa shape index (κ2) is 7.87. The van der Waals surface area contributed by atoms with E-state index in [1.165, 1.54) is 34.9 Å². The maximum Gasteiger partial charge on any atom is 0.264 e. The highest BCUT2D eigenvalue weighted by Gasteiger charge is 2.11. The molecule has 136 valence electrons. The standard InChI is InChI=1S/C17H18FN5O3/c1-26-10-15(24)19-6-7-23-16-13(8-21-23)17(25)22(11-20-16)9-12-4-2-3-5-14(12)18/h2-5,8,11H,6-7,9-10H2,1H3,(H,19,24). The van der Waals surface area contributed by atoms with Crippen LogP contribution in [0.5, 0.6) is 0 Å². The van der Waals surface area contributed by atoms with Gasteiger partial charge in [0.2, 0.25) is 5.91 Å². The quantitative estimate of drug-likeness (QED) is 0.665. The van der Waals surface area contributed by atoms with E-state index in [1.54, 1.807) is 18.2 Å². The van der Waals surface area contributed by atoms with Gasteiger partial charge in [-0.3, -0.25) is 14.2 Å². The van der Waals surface area contributed by atoms with Gasteiger partial charge in [0.25, 0.3) is 5.56 Å². The molecule has 0 spiro atoms. The Morgan fingerprint density at radius 3 is 2.92 bits per heavy atom. The van der Waals surface area contributed by atoms with E-state index in [2.05, 4.69) is 15.4 Å². The van der Waals surface area contributed by atoms with Crippen molar-refractivity contribution in [1.29, 1.82) is 0 Å². The lowest BCUT2D eigenvalue weighted by Gasteiger charge is -2.08. The number of carbonyl (C=O) groups is 1. The highest BCUT2D eigenvalue weighted by Crippen LogP contribution is 2.09. The molecule has 3 aromatic rings. The predicted octanol–water partition coefficient (Wildman–Crippen LogP) is 0.543. The van der Waals surface area contributed by atoms with Gasteiger partial charge in [-0.1, -0.05) is 18.2 Å². The van der Waals surface area contributed by atoms with Crippen LogP contribution >= 0.6 is 0 Å². The Kier molecular flexibility index (Phi) is 5.37. The average molecular weight is 359 g/mol. The van der Waals surface area contributed by atoms with Gasteiger partial charge in [-0.05, 0) is 6.07 Å². The molecule has 8 nitrogen and oxygen atoms in total. The van der Waals surface area contributed by atoms with E-state index in [1.807, 2.05) is 0 Å². The van der Waals surface area contributed by atoms with Crippen LogP contribution in [-0.2, 0) is 22.6 Å². The van der Waals surface area contributed by atoms with Crippen LogP contribution in [0.3, 0.4) is 0 Å². The fourth-order valence-electron chi connectivity index (χ4n) is 2.57. The van der Waals surface area contributed by atoms with Gasteiger partial charge in [0.1, 0.15) is 24.1 Å². The molecule has 1 amide bonds. The zero-order chi connectivity index (χ0) is 18.5.